The average Bonchev–Trinajstić information content (AvgIpc) is 3.35. The Kier molecular flexibility index (Phi) is 3.73. The van der Waals surface area contributed by atoms with Crippen LogP contribution >= 0.6 is 0 Å². The zero-order chi connectivity index (χ0) is 19.3. The van der Waals surface area contributed by atoms with Gasteiger partial charge in [0.1, 0.15) is 17.9 Å². The lowest BCUT2D eigenvalue weighted by Gasteiger charge is -2.37. The zero-order valence-corrected chi connectivity index (χ0v) is 14.6. The first kappa shape index (κ1) is 16.9. The molecule has 0 radical (unpaired) electrons. The summed E-state index contributed by atoms with van der Waals surface area (Å²) in [5.74, 6) is -2.50. The molecular formula is C19H16F2N6O. The smallest absolute Gasteiger partial charge is 0.248 e. The molecule has 1 saturated carbocycles. The molecule has 0 bridgehead atoms. The van der Waals surface area contributed by atoms with Gasteiger partial charge in [0.2, 0.25) is 5.92 Å². The van der Waals surface area contributed by atoms with E-state index in [9.17, 15) is 13.9 Å². The molecule has 2 N–H and O–H groups in total. The highest BCUT2D eigenvalue weighted by atomic mass is 19.3. The number of benzene rings is 1. The van der Waals surface area contributed by atoms with E-state index in [1.807, 2.05) is 35.0 Å². The summed E-state index contributed by atoms with van der Waals surface area (Å²) in [5, 5.41) is 17.0. The molecule has 0 unspecified atom stereocenters. The third kappa shape index (κ3) is 2.84. The van der Waals surface area contributed by atoms with Crippen molar-refractivity contribution in [3.63, 3.8) is 0 Å². The summed E-state index contributed by atoms with van der Waals surface area (Å²) in [4.78, 5) is 13.0. The predicted octanol–water partition coefficient (Wildman–Crippen LogP) is 3.28. The molecule has 1 aliphatic carbocycles. The fraction of sp³-hybridized carbons (Fsp3) is 0.263. The summed E-state index contributed by atoms with van der Waals surface area (Å²) >= 11 is 0. The molecule has 28 heavy (non-hydrogen) atoms. The highest BCUT2D eigenvalue weighted by molar-refractivity contribution is 5.74. The Bertz CT molecular complexity index is 1130. The first-order chi connectivity index (χ1) is 13.5. The van der Waals surface area contributed by atoms with Gasteiger partial charge in [0.15, 0.2) is 11.5 Å². The highest BCUT2D eigenvalue weighted by Crippen LogP contribution is 2.47. The van der Waals surface area contributed by atoms with Crippen LogP contribution in [-0.4, -0.2) is 40.7 Å². The number of aliphatic hydroxyl groups excluding tert-OH is 1. The minimum absolute atomic E-state index is 0.316. The number of rotatable bonds is 4. The van der Waals surface area contributed by atoms with Gasteiger partial charge in [-0.15, -0.1) is 0 Å². The van der Waals surface area contributed by atoms with Crippen LogP contribution in [0.4, 0.5) is 8.78 Å². The first-order valence-corrected chi connectivity index (χ1v) is 8.86. The SMILES string of the molecule is O[C@@H](c1cnc2c(ccn2-c2cccc(-c3ncn[nH]3)c2)n1)C1CC(F)(F)C1. The maximum Gasteiger partial charge on any atom is 0.248 e. The monoisotopic (exact) mass is 382 g/mol. The lowest BCUT2D eigenvalue weighted by Crippen LogP contribution is -2.39. The Morgan fingerprint density at radius 2 is 2.07 bits per heavy atom. The summed E-state index contributed by atoms with van der Waals surface area (Å²) < 4.78 is 28.0. The number of fused-ring (bicyclic) bond motifs is 1. The van der Waals surface area contributed by atoms with Crippen molar-refractivity contribution in [3.8, 4) is 17.1 Å². The van der Waals surface area contributed by atoms with E-state index >= 15 is 0 Å². The third-order valence-corrected chi connectivity index (χ3v) is 5.09. The summed E-state index contributed by atoms with van der Waals surface area (Å²) in [7, 11) is 0. The van der Waals surface area contributed by atoms with Crippen LogP contribution in [0.5, 0.6) is 0 Å². The number of aromatic amines is 1. The van der Waals surface area contributed by atoms with Crippen LogP contribution in [-0.2, 0) is 0 Å². The Balaban J connectivity index is 1.47. The Hall–Kier alpha value is -3.20. The number of halogens is 2. The molecule has 7 nitrogen and oxygen atoms in total. The molecule has 1 aliphatic rings. The molecular weight excluding hydrogens is 366 g/mol. The number of hydrogen-bond donors (Lipinski definition) is 2. The Labute approximate surface area is 158 Å². The fourth-order valence-corrected chi connectivity index (χ4v) is 3.60. The molecule has 1 atom stereocenters. The van der Waals surface area contributed by atoms with Crippen LogP contribution in [0.25, 0.3) is 28.2 Å². The van der Waals surface area contributed by atoms with Gasteiger partial charge < -0.3 is 5.11 Å². The van der Waals surface area contributed by atoms with Gasteiger partial charge in [-0.2, -0.15) is 5.10 Å². The van der Waals surface area contributed by atoms with Crippen molar-refractivity contribution in [2.45, 2.75) is 24.9 Å². The molecule has 3 heterocycles. The van der Waals surface area contributed by atoms with Gasteiger partial charge in [-0.1, -0.05) is 12.1 Å². The predicted molar refractivity (Wildman–Crippen MR) is 96.9 cm³/mol. The van der Waals surface area contributed by atoms with E-state index in [2.05, 4.69) is 25.1 Å². The van der Waals surface area contributed by atoms with E-state index < -0.39 is 17.9 Å². The van der Waals surface area contributed by atoms with Crippen molar-refractivity contribution in [2.75, 3.05) is 0 Å². The molecule has 3 aromatic heterocycles. The second-order valence-electron chi connectivity index (χ2n) is 7.04. The average molecular weight is 382 g/mol. The van der Waals surface area contributed by atoms with Crippen molar-refractivity contribution in [1.29, 1.82) is 0 Å². The molecule has 0 spiro atoms. The summed E-state index contributed by atoms with van der Waals surface area (Å²) in [6.07, 6.45) is 3.07. The molecule has 0 saturated heterocycles. The second kappa shape index (κ2) is 6.16. The minimum atomic E-state index is -2.68. The summed E-state index contributed by atoms with van der Waals surface area (Å²) in [6.45, 7) is 0. The summed E-state index contributed by atoms with van der Waals surface area (Å²) in [6, 6.07) is 9.49. The van der Waals surface area contributed by atoms with Crippen LogP contribution in [0, 0.1) is 5.92 Å². The van der Waals surface area contributed by atoms with Gasteiger partial charge in [-0.25, -0.2) is 23.7 Å². The first-order valence-electron chi connectivity index (χ1n) is 8.86. The van der Waals surface area contributed by atoms with Crippen LogP contribution in [0.1, 0.15) is 24.6 Å². The zero-order valence-electron chi connectivity index (χ0n) is 14.6. The number of nitrogens with one attached hydrogen (secondary N) is 1. The van der Waals surface area contributed by atoms with E-state index in [0.717, 1.165) is 11.3 Å². The molecule has 9 heteroatoms. The molecule has 4 aromatic rings. The number of hydrogen-bond acceptors (Lipinski definition) is 5. The molecule has 1 fully saturated rings. The maximum absolute atomic E-state index is 13.1. The van der Waals surface area contributed by atoms with Crippen molar-refractivity contribution >= 4 is 11.2 Å². The number of aromatic nitrogens is 6. The van der Waals surface area contributed by atoms with Crippen molar-refractivity contribution < 1.29 is 13.9 Å². The van der Waals surface area contributed by atoms with Crippen LogP contribution in [0.2, 0.25) is 0 Å². The van der Waals surface area contributed by atoms with Gasteiger partial charge in [-0.3, -0.25) is 9.67 Å². The van der Waals surface area contributed by atoms with Gasteiger partial charge in [-0.05, 0) is 18.2 Å². The second-order valence-corrected chi connectivity index (χ2v) is 7.04. The molecule has 5 rings (SSSR count). The van der Waals surface area contributed by atoms with Crippen LogP contribution in [0.3, 0.4) is 0 Å². The largest absolute Gasteiger partial charge is 0.386 e. The highest BCUT2D eigenvalue weighted by Gasteiger charge is 2.48. The van der Waals surface area contributed by atoms with Crippen molar-refractivity contribution in [2.24, 2.45) is 5.92 Å². The fourth-order valence-electron chi connectivity index (χ4n) is 3.60. The lowest BCUT2D eigenvalue weighted by atomic mass is 9.77. The van der Waals surface area contributed by atoms with Gasteiger partial charge in [0.05, 0.1) is 11.9 Å². The van der Waals surface area contributed by atoms with Gasteiger partial charge >= 0.3 is 0 Å². The van der Waals surface area contributed by atoms with E-state index in [1.165, 1.54) is 12.5 Å². The Morgan fingerprint density at radius 1 is 1.21 bits per heavy atom. The maximum atomic E-state index is 13.1. The van der Waals surface area contributed by atoms with Gasteiger partial charge in [0, 0.05) is 36.2 Å². The van der Waals surface area contributed by atoms with Crippen LogP contribution in [0.15, 0.2) is 49.1 Å². The quantitative estimate of drug-likeness (QED) is 0.565. The molecule has 0 aliphatic heterocycles. The van der Waals surface area contributed by atoms with Crippen molar-refractivity contribution in [3.05, 3.63) is 54.7 Å². The summed E-state index contributed by atoms with van der Waals surface area (Å²) in [5.41, 5.74) is 3.27. The number of aliphatic hydroxyl groups is 1. The third-order valence-electron chi connectivity index (χ3n) is 5.09. The van der Waals surface area contributed by atoms with Crippen molar-refractivity contribution in [1.82, 2.24) is 29.7 Å². The minimum Gasteiger partial charge on any atom is -0.386 e. The van der Waals surface area contributed by atoms with E-state index in [-0.39, 0.29) is 12.8 Å². The van der Waals surface area contributed by atoms with E-state index in [1.54, 1.807) is 6.07 Å². The lowest BCUT2D eigenvalue weighted by molar-refractivity contribution is -0.143. The van der Waals surface area contributed by atoms with Gasteiger partial charge in [0.25, 0.3) is 0 Å². The number of alkyl halides is 2. The number of nitrogens with zero attached hydrogens (tertiary/aromatic N) is 5. The standard InChI is InChI=1S/C19H16F2N6O/c20-19(21)7-12(8-19)16(28)15-9-22-18-14(25-15)4-5-27(18)13-3-1-2-11(6-13)17-23-10-24-26-17/h1-6,9-10,12,16,28H,7-8H2,(H,23,24,26)/t16-/m1/s1. The van der Waals surface area contributed by atoms with Crippen LogP contribution < -0.4 is 0 Å². The molecule has 142 valence electrons. The topological polar surface area (TPSA) is 92.5 Å². The number of H-pyrrole nitrogens is 1. The molecule has 1 aromatic carbocycles. The van der Waals surface area contributed by atoms with E-state index in [0.29, 0.717) is 22.7 Å². The Morgan fingerprint density at radius 3 is 2.82 bits per heavy atom. The molecule has 0 amide bonds. The van der Waals surface area contributed by atoms with E-state index in [4.69, 9.17) is 0 Å². The normalized spacial score (nSPS) is 17.5.